The molecule has 0 radical (unpaired) electrons. The molecule has 0 unspecified atom stereocenters. The van der Waals surface area contributed by atoms with Crippen LogP contribution < -0.4 is 24.8 Å². The maximum atomic E-state index is 12.6. The maximum Gasteiger partial charge on any atom is 0.257 e. The smallest absolute Gasteiger partial charge is 0.257 e. The summed E-state index contributed by atoms with van der Waals surface area (Å²) in [5.74, 6) is 2.37. The molecule has 0 fully saturated rings. The van der Waals surface area contributed by atoms with Crippen molar-refractivity contribution in [1.29, 1.82) is 0 Å². The molecule has 1 amide bonds. The summed E-state index contributed by atoms with van der Waals surface area (Å²) in [5, 5.41) is 5.93. The van der Waals surface area contributed by atoms with Gasteiger partial charge in [-0.3, -0.25) is 10.1 Å². The van der Waals surface area contributed by atoms with Gasteiger partial charge >= 0.3 is 0 Å². The van der Waals surface area contributed by atoms with Gasteiger partial charge in [0.05, 0.1) is 6.61 Å². The molecule has 0 aliphatic heterocycles. The highest BCUT2D eigenvalue weighted by Gasteiger charge is 2.10. The first kappa shape index (κ1) is 25.1. The molecule has 0 aliphatic rings. The quantitative estimate of drug-likeness (QED) is 0.272. The molecule has 0 saturated heterocycles. The number of nitrogens with one attached hydrogen (secondary N) is 2. The van der Waals surface area contributed by atoms with E-state index in [1.54, 1.807) is 24.3 Å². The summed E-state index contributed by atoms with van der Waals surface area (Å²) in [6.07, 6.45) is 0.981. The van der Waals surface area contributed by atoms with Gasteiger partial charge in [-0.15, -0.1) is 0 Å². The SMILES string of the molecule is CC(C)CCOc1cccc(NC(=S)NC(=O)c2cccc(OCCOc3ccccc3)c2)c1. The number of hydrogen-bond donors (Lipinski definition) is 2. The minimum atomic E-state index is -0.326. The van der Waals surface area contributed by atoms with Gasteiger partial charge in [-0.2, -0.15) is 0 Å². The summed E-state index contributed by atoms with van der Waals surface area (Å²) in [4.78, 5) is 12.6. The first-order chi connectivity index (χ1) is 16.5. The van der Waals surface area contributed by atoms with Crippen LogP contribution in [0.2, 0.25) is 0 Å². The fraction of sp³-hybridized carbons (Fsp3) is 0.259. The average molecular weight is 479 g/mol. The van der Waals surface area contributed by atoms with Crippen LogP contribution in [0.4, 0.5) is 5.69 Å². The second-order valence-electron chi connectivity index (χ2n) is 8.00. The van der Waals surface area contributed by atoms with Crippen molar-refractivity contribution in [3.05, 3.63) is 84.4 Å². The standard InChI is InChI=1S/C27H30N2O4S/c1-20(2)14-15-31-25-13-7-9-22(19-25)28-27(34)29-26(30)21-8-6-12-24(18-21)33-17-16-32-23-10-4-3-5-11-23/h3-13,18-20H,14-17H2,1-2H3,(H2,28,29,30,34). The molecule has 0 aliphatic carbocycles. The number of hydrogen-bond acceptors (Lipinski definition) is 5. The van der Waals surface area contributed by atoms with Crippen LogP contribution in [0.3, 0.4) is 0 Å². The lowest BCUT2D eigenvalue weighted by Gasteiger charge is -2.13. The number of carbonyl (C=O) groups is 1. The van der Waals surface area contributed by atoms with Crippen molar-refractivity contribution in [2.75, 3.05) is 25.1 Å². The number of thiocarbonyl (C=S) groups is 1. The summed E-state index contributed by atoms with van der Waals surface area (Å²) >= 11 is 5.31. The number of rotatable bonds is 11. The van der Waals surface area contributed by atoms with Gasteiger partial charge in [0.1, 0.15) is 30.5 Å². The molecule has 0 bridgehead atoms. The number of amides is 1. The molecule has 34 heavy (non-hydrogen) atoms. The Labute approximate surface area is 206 Å². The van der Waals surface area contributed by atoms with Gasteiger partial charge < -0.3 is 19.5 Å². The fourth-order valence-corrected chi connectivity index (χ4v) is 3.19. The predicted octanol–water partition coefficient (Wildman–Crippen LogP) is 5.70. The Morgan fingerprint density at radius 2 is 1.41 bits per heavy atom. The number of ether oxygens (including phenoxy) is 3. The van der Waals surface area contributed by atoms with Crippen LogP contribution >= 0.6 is 12.2 Å². The van der Waals surface area contributed by atoms with Crippen LogP contribution in [-0.4, -0.2) is 30.8 Å². The highest BCUT2D eigenvalue weighted by Crippen LogP contribution is 2.18. The van der Waals surface area contributed by atoms with E-state index in [4.69, 9.17) is 26.4 Å². The lowest BCUT2D eigenvalue weighted by molar-refractivity contribution is 0.0977. The van der Waals surface area contributed by atoms with E-state index in [1.165, 1.54) is 0 Å². The molecule has 0 saturated carbocycles. The van der Waals surface area contributed by atoms with E-state index in [9.17, 15) is 4.79 Å². The molecule has 0 heterocycles. The van der Waals surface area contributed by atoms with Crippen molar-refractivity contribution in [2.45, 2.75) is 20.3 Å². The fourth-order valence-electron chi connectivity index (χ4n) is 2.98. The largest absolute Gasteiger partial charge is 0.494 e. The van der Waals surface area contributed by atoms with Gasteiger partial charge in [-0.25, -0.2) is 0 Å². The molecule has 0 spiro atoms. The molecule has 3 rings (SSSR count). The third-order valence-electron chi connectivity index (χ3n) is 4.74. The van der Waals surface area contributed by atoms with E-state index in [-0.39, 0.29) is 11.0 Å². The average Bonchev–Trinajstić information content (AvgIpc) is 2.83. The third-order valence-corrected chi connectivity index (χ3v) is 4.95. The van der Waals surface area contributed by atoms with Gasteiger partial charge in [-0.05, 0) is 67.0 Å². The zero-order valence-electron chi connectivity index (χ0n) is 19.5. The normalized spacial score (nSPS) is 10.4. The molecule has 0 atom stereocenters. The monoisotopic (exact) mass is 478 g/mol. The van der Waals surface area contributed by atoms with Crippen LogP contribution in [0.15, 0.2) is 78.9 Å². The lowest BCUT2D eigenvalue weighted by Crippen LogP contribution is -2.34. The molecular formula is C27H30N2O4S. The van der Waals surface area contributed by atoms with Crippen molar-refractivity contribution in [1.82, 2.24) is 5.32 Å². The minimum absolute atomic E-state index is 0.201. The number of para-hydroxylation sites is 1. The summed E-state index contributed by atoms with van der Waals surface area (Å²) in [5.41, 5.74) is 1.18. The summed E-state index contributed by atoms with van der Waals surface area (Å²) in [7, 11) is 0. The Morgan fingerprint density at radius 1 is 0.794 bits per heavy atom. The van der Waals surface area contributed by atoms with Gasteiger partial charge in [0, 0.05) is 17.3 Å². The Balaban J connectivity index is 1.46. The molecule has 3 aromatic carbocycles. The van der Waals surface area contributed by atoms with E-state index in [2.05, 4.69) is 24.5 Å². The molecule has 7 heteroatoms. The Hall–Kier alpha value is -3.58. The maximum absolute atomic E-state index is 12.6. The van der Waals surface area contributed by atoms with Crippen molar-refractivity contribution in [3.8, 4) is 17.2 Å². The highest BCUT2D eigenvalue weighted by molar-refractivity contribution is 7.80. The van der Waals surface area contributed by atoms with E-state index in [0.717, 1.165) is 23.6 Å². The van der Waals surface area contributed by atoms with Crippen molar-refractivity contribution in [2.24, 2.45) is 5.92 Å². The second kappa shape index (κ2) is 13.2. The Bertz CT molecular complexity index is 1070. The van der Waals surface area contributed by atoms with Crippen LogP contribution in [0.25, 0.3) is 0 Å². The molecular weight excluding hydrogens is 448 g/mol. The van der Waals surface area contributed by atoms with E-state index < -0.39 is 0 Å². The van der Waals surface area contributed by atoms with Gasteiger partial charge in [0.25, 0.3) is 5.91 Å². The molecule has 2 N–H and O–H groups in total. The number of benzene rings is 3. The van der Waals surface area contributed by atoms with Crippen molar-refractivity contribution in [3.63, 3.8) is 0 Å². The van der Waals surface area contributed by atoms with Crippen molar-refractivity contribution < 1.29 is 19.0 Å². The first-order valence-corrected chi connectivity index (χ1v) is 11.7. The lowest BCUT2D eigenvalue weighted by atomic mass is 10.1. The van der Waals surface area contributed by atoms with Crippen LogP contribution in [-0.2, 0) is 0 Å². The van der Waals surface area contributed by atoms with Gasteiger partial charge in [-0.1, -0.05) is 44.2 Å². The van der Waals surface area contributed by atoms with Crippen LogP contribution in [0.1, 0.15) is 30.6 Å². The summed E-state index contributed by atoms with van der Waals surface area (Å²) in [6, 6.07) is 23.9. The number of carbonyl (C=O) groups excluding carboxylic acids is 1. The van der Waals surface area contributed by atoms with E-state index in [0.29, 0.717) is 37.1 Å². The summed E-state index contributed by atoms with van der Waals surface area (Å²) < 4.78 is 17.1. The highest BCUT2D eigenvalue weighted by atomic mass is 32.1. The topological polar surface area (TPSA) is 68.8 Å². The van der Waals surface area contributed by atoms with E-state index in [1.807, 2.05) is 54.6 Å². The van der Waals surface area contributed by atoms with Gasteiger partial charge in [0.15, 0.2) is 5.11 Å². The zero-order chi connectivity index (χ0) is 24.2. The second-order valence-corrected chi connectivity index (χ2v) is 8.41. The van der Waals surface area contributed by atoms with Crippen LogP contribution in [0, 0.1) is 5.92 Å². The molecule has 6 nitrogen and oxygen atoms in total. The first-order valence-electron chi connectivity index (χ1n) is 11.3. The van der Waals surface area contributed by atoms with E-state index >= 15 is 0 Å². The Morgan fingerprint density at radius 3 is 2.15 bits per heavy atom. The van der Waals surface area contributed by atoms with Gasteiger partial charge in [0.2, 0.25) is 0 Å². The number of anilines is 1. The summed E-state index contributed by atoms with van der Waals surface area (Å²) in [6.45, 7) is 5.72. The molecule has 178 valence electrons. The minimum Gasteiger partial charge on any atom is -0.494 e. The van der Waals surface area contributed by atoms with Crippen molar-refractivity contribution >= 4 is 28.9 Å². The molecule has 3 aromatic rings. The molecule has 0 aromatic heterocycles. The third kappa shape index (κ3) is 8.75. The zero-order valence-corrected chi connectivity index (χ0v) is 20.3. The van der Waals surface area contributed by atoms with Crippen LogP contribution in [0.5, 0.6) is 17.2 Å². The Kier molecular flexibility index (Phi) is 9.73. The predicted molar refractivity (Wildman–Crippen MR) is 139 cm³/mol.